The number of hydrogen-bond donors (Lipinski definition) is 0. The molecule has 0 saturated carbocycles. The molecule has 0 bridgehead atoms. The minimum Gasteiger partial charge on any atom is -0.279 e. The molecule has 0 unspecified atom stereocenters. The van der Waals surface area contributed by atoms with Crippen LogP contribution in [0, 0.1) is 0 Å². The molecule has 4 heterocycles. The third-order valence-electron chi connectivity index (χ3n) is 3.74. The van der Waals surface area contributed by atoms with Gasteiger partial charge in [0.05, 0.1) is 0 Å². The molecule has 114 valence electrons. The Balaban J connectivity index is 1.79. The maximum Gasteiger partial charge on any atom is 0.262 e. The topological polar surface area (TPSA) is 67.6 Å². The first-order valence-electron chi connectivity index (χ1n) is 6.60. The van der Waals surface area contributed by atoms with Crippen LogP contribution in [-0.4, -0.2) is 33.6 Å². The zero-order chi connectivity index (χ0) is 15.3. The highest BCUT2D eigenvalue weighted by Crippen LogP contribution is 2.30. The molecule has 0 radical (unpaired) electrons. The highest BCUT2D eigenvalue weighted by atomic mass is 35.5. The largest absolute Gasteiger partial charge is 0.279 e. The summed E-state index contributed by atoms with van der Waals surface area (Å²) in [5.74, 6) is 0. The molecule has 9 heteroatoms. The van der Waals surface area contributed by atoms with E-state index in [4.69, 9.17) is 11.6 Å². The summed E-state index contributed by atoms with van der Waals surface area (Å²) in [4.78, 5) is 8.77. The molecule has 0 aliphatic carbocycles. The summed E-state index contributed by atoms with van der Waals surface area (Å²) in [5.41, 5.74) is 2.07. The van der Waals surface area contributed by atoms with Gasteiger partial charge in [0.1, 0.15) is 0 Å². The maximum absolute atomic E-state index is 13.0. The van der Waals surface area contributed by atoms with Gasteiger partial charge in [0.2, 0.25) is 0 Å². The van der Waals surface area contributed by atoms with Crippen molar-refractivity contribution in [3.8, 4) is 0 Å². The molecule has 0 N–H and O–H groups in total. The van der Waals surface area contributed by atoms with Crippen molar-refractivity contribution < 1.29 is 8.42 Å². The van der Waals surface area contributed by atoms with Gasteiger partial charge in [-0.1, -0.05) is 11.6 Å². The van der Waals surface area contributed by atoms with Crippen LogP contribution in [0.1, 0.15) is 11.1 Å². The molecule has 6 nitrogen and oxygen atoms in total. The van der Waals surface area contributed by atoms with Gasteiger partial charge in [0.15, 0.2) is 15.1 Å². The fourth-order valence-electron chi connectivity index (χ4n) is 2.65. The lowest BCUT2D eigenvalue weighted by Crippen LogP contribution is -2.36. The number of aromatic nitrogens is 3. The Labute approximate surface area is 136 Å². The van der Waals surface area contributed by atoms with E-state index in [2.05, 4.69) is 9.97 Å². The van der Waals surface area contributed by atoms with Gasteiger partial charge >= 0.3 is 0 Å². The lowest BCUT2D eigenvalue weighted by Gasteiger charge is -2.27. The molecule has 22 heavy (non-hydrogen) atoms. The number of sulfonamides is 1. The van der Waals surface area contributed by atoms with Crippen LogP contribution in [0.15, 0.2) is 35.1 Å². The number of imidazole rings is 1. The minimum absolute atomic E-state index is 0.0207. The molecular weight excluding hydrogens is 344 g/mol. The standard InChI is InChI=1S/C13H11ClN4O2S2/c14-11-12(18-5-6-21-13(18)16-11)22(19,20)17-4-2-9-7-15-3-1-10(9)8-17/h1,3,5-7H,2,4,8H2. The minimum atomic E-state index is -3.70. The van der Waals surface area contributed by atoms with E-state index in [0.29, 0.717) is 24.5 Å². The van der Waals surface area contributed by atoms with Crippen LogP contribution in [0.25, 0.3) is 4.96 Å². The summed E-state index contributed by atoms with van der Waals surface area (Å²) in [6, 6.07) is 1.86. The maximum atomic E-state index is 13.0. The Hall–Kier alpha value is -1.48. The van der Waals surface area contributed by atoms with Crippen LogP contribution in [0.5, 0.6) is 0 Å². The second-order valence-electron chi connectivity index (χ2n) is 5.00. The number of pyridine rings is 1. The molecular formula is C13H11ClN4O2S2. The summed E-state index contributed by atoms with van der Waals surface area (Å²) in [6.07, 6.45) is 5.79. The van der Waals surface area contributed by atoms with Crippen molar-refractivity contribution in [3.63, 3.8) is 0 Å². The van der Waals surface area contributed by atoms with Gasteiger partial charge in [-0.15, -0.1) is 11.3 Å². The lowest BCUT2D eigenvalue weighted by molar-refractivity contribution is 0.388. The summed E-state index contributed by atoms with van der Waals surface area (Å²) in [7, 11) is -3.70. The third-order valence-corrected chi connectivity index (χ3v) is 6.75. The number of thiazole rings is 1. The average molecular weight is 355 g/mol. The highest BCUT2D eigenvalue weighted by molar-refractivity contribution is 7.89. The normalized spacial score (nSPS) is 16.0. The van der Waals surface area contributed by atoms with E-state index in [0.717, 1.165) is 11.1 Å². The molecule has 0 saturated heterocycles. The first kappa shape index (κ1) is 14.1. The predicted molar refractivity (Wildman–Crippen MR) is 83.6 cm³/mol. The van der Waals surface area contributed by atoms with Crippen LogP contribution in [-0.2, 0) is 23.0 Å². The van der Waals surface area contributed by atoms with E-state index in [1.54, 1.807) is 24.0 Å². The number of hydrogen-bond acceptors (Lipinski definition) is 5. The molecule has 0 fully saturated rings. The molecule has 3 aromatic heterocycles. The summed E-state index contributed by atoms with van der Waals surface area (Å²) in [6.45, 7) is 0.739. The number of fused-ring (bicyclic) bond motifs is 2. The first-order valence-corrected chi connectivity index (χ1v) is 9.30. The van der Waals surface area contributed by atoms with Crippen LogP contribution in [0.3, 0.4) is 0 Å². The Morgan fingerprint density at radius 2 is 2.18 bits per heavy atom. The van der Waals surface area contributed by atoms with Crippen molar-refractivity contribution in [3.05, 3.63) is 46.3 Å². The first-order chi connectivity index (χ1) is 10.6. The molecule has 0 aromatic carbocycles. The second kappa shape index (κ2) is 5.02. The number of nitrogens with zero attached hydrogens (tertiary/aromatic N) is 4. The van der Waals surface area contributed by atoms with Crippen molar-refractivity contribution >= 4 is 37.9 Å². The summed E-state index contributed by atoms with van der Waals surface area (Å²) >= 11 is 7.42. The van der Waals surface area contributed by atoms with Crippen molar-refractivity contribution in [2.75, 3.05) is 6.54 Å². The van der Waals surface area contributed by atoms with E-state index in [1.165, 1.54) is 20.0 Å². The second-order valence-corrected chi connectivity index (χ2v) is 8.08. The lowest BCUT2D eigenvalue weighted by atomic mass is 10.0. The highest BCUT2D eigenvalue weighted by Gasteiger charge is 2.33. The van der Waals surface area contributed by atoms with Crippen LogP contribution in [0.2, 0.25) is 5.15 Å². The molecule has 3 aromatic rings. The molecule has 1 aliphatic rings. The van der Waals surface area contributed by atoms with E-state index in [-0.39, 0.29) is 10.2 Å². The zero-order valence-corrected chi connectivity index (χ0v) is 13.7. The van der Waals surface area contributed by atoms with Gasteiger partial charge < -0.3 is 0 Å². The Morgan fingerprint density at radius 1 is 1.32 bits per heavy atom. The fourth-order valence-corrected chi connectivity index (χ4v) is 5.47. The van der Waals surface area contributed by atoms with Crippen molar-refractivity contribution in [2.45, 2.75) is 18.0 Å². The Morgan fingerprint density at radius 3 is 3.05 bits per heavy atom. The molecule has 0 amide bonds. The monoisotopic (exact) mass is 354 g/mol. The van der Waals surface area contributed by atoms with Gasteiger partial charge in [-0.3, -0.25) is 9.38 Å². The smallest absolute Gasteiger partial charge is 0.262 e. The van der Waals surface area contributed by atoms with E-state index >= 15 is 0 Å². The summed E-state index contributed by atoms with van der Waals surface area (Å²) in [5, 5.41) is 1.85. The number of rotatable bonds is 2. The Kier molecular flexibility index (Phi) is 3.23. The molecule has 1 aliphatic heterocycles. The van der Waals surface area contributed by atoms with Crippen LogP contribution in [0.4, 0.5) is 0 Å². The van der Waals surface area contributed by atoms with Gasteiger partial charge in [-0.2, -0.15) is 4.31 Å². The fraction of sp³-hybridized carbons (Fsp3) is 0.231. The molecule has 0 spiro atoms. The van der Waals surface area contributed by atoms with Crippen LogP contribution < -0.4 is 0 Å². The predicted octanol–water partition coefficient (Wildman–Crippen LogP) is 2.19. The van der Waals surface area contributed by atoms with Gasteiger partial charge in [0, 0.05) is 37.1 Å². The SMILES string of the molecule is O=S(=O)(c1c(Cl)nc2sccn12)N1CCc2cnccc2C1. The zero-order valence-electron chi connectivity index (χ0n) is 11.3. The van der Waals surface area contributed by atoms with E-state index < -0.39 is 10.0 Å². The van der Waals surface area contributed by atoms with E-state index in [1.807, 2.05) is 6.07 Å². The van der Waals surface area contributed by atoms with Gasteiger partial charge in [-0.25, -0.2) is 13.4 Å². The third kappa shape index (κ3) is 2.06. The van der Waals surface area contributed by atoms with Crippen LogP contribution >= 0.6 is 22.9 Å². The number of halogens is 1. The van der Waals surface area contributed by atoms with Crippen molar-refractivity contribution in [2.24, 2.45) is 0 Å². The van der Waals surface area contributed by atoms with Gasteiger partial charge in [-0.05, 0) is 23.6 Å². The van der Waals surface area contributed by atoms with Crippen molar-refractivity contribution in [1.82, 2.24) is 18.7 Å². The quantitative estimate of drug-likeness (QED) is 0.707. The summed E-state index contributed by atoms with van der Waals surface area (Å²) < 4.78 is 28.9. The average Bonchev–Trinajstić information content (AvgIpc) is 3.06. The van der Waals surface area contributed by atoms with E-state index in [9.17, 15) is 8.42 Å². The molecule has 0 atom stereocenters. The van der Waals surface area contributed by atoms with Gasteiger partial charge in [0.25, 0.3) is 10.0 Å². The molecule has 4 rings (SSSR count). The van der Waals surface area contributed by atoms with Crippen molar-refractivity contribution in [1.29, 1.82) is 0 Å². The Bertz CT molecular complexity index is 963.